The van der Waals surface area contributed by atoms with Crippen LogP contribution in [0.5, 0.6) is 11.5 Å². The van der Waals surface area contributed by atoms with E-state index in [1.165, 1.54) is 11.1 Å². The maximum absolute atomic E-state index is 9.57. The van der Waals surface area contributed by atoms with Crippen LogP contribution in [0.1, 0.15) is 29.7 Å². The van der Waals surface area contributed by atoms with Crippen LogP contribution in [0.2, 0.25) is 0 Å². The lowest BCUT2D eigenvalue weighted by atomic mass is 10.1. The van der Waals surface area contributed by atoms with E-state index in [9.17, 15) is 5.11 Å². The van der Waals surface area contributed by atoms with Crippen LogP contribution in [0.4, 0.5) is 0 Å². The van der Waals surface area contributed by atoms with E-state index in [1.807, 2.05) is 12.1 Å². The molecule has 0 heterocycles. The van der Waals surface area contributed by atoms with Crippen molar-refractivity contribution in [2.45, 2.75) is 26.4 Å². The third-order valence-electron chi connectivity index (χ3n) is 3.43. The summed E-state index contributed by atoms with van der Waals surface area (Å²) in [6.45, 7) is 4.96. The van der Waals surface area contributed by atoms with Gasteiger partial charge < -0.3 is 15.2 Å². The molecule has 0 bridgehead atoms. The predicted octanol–water partition coefficient (Wildman–Crippen LogP) is 3.56. The van der Waals surface area contributed by atoms with E-state index >= 15 is 0 Å². The summed E-state index contributed by atoms with van der Waals surface area (Å²) in [4.78, 5) is 0. The van der Waals surface area contributed by atoms with E-state index in [0.29, 0.717) is 5.75 Å². The van der Waals surface area contributed by atoms with Crippen molar-refractivity contribution < 1.29 is 9.84 Å². The van der Waals surface area contributed by atoms with Crippen molar-refractivity contribution in [1.82, 2.24) is 5.32 Å². The minimum absolute atomic E-state index is 0.169. The molecule has 106 valence electrons. The molecule has 0 amide bonds. The number of benzene rings is 2. The average Bonchev–Trinajstić information content (AvgIpc) is 2.46. The van der Waals surface area contributed by atoms with Gasteiger partial charge in [-0.25, -0.2) is 0 Å². The molecule has 2 N–H and O–H groups in total. The average molecular weight is 271 g/mol. The Morgan fingerprint density at radius 2 is 1.85 bits per heavy atom. The Hall–Kier alpha value is -2.00. The number of nitrogens with one attached hydrogen (secondary N) is 1. The molecule has 20 heavy (non-hydrogen) atoms. The summed E-state index contributed by atoms with van der Waals surface area (Å²) in [5.74, 6) is 0.676. The van der Waals surface area contributed by atoms with E-state index in [-0.39, 0.29) is 11.8 Å². The Morgan fingerprint density at radius 1 is 1.15 bits per heavy atom. The first-order valence-electron chi connectivity index (χ1n) is 6.76. The van der Waals surface area contributed by atoms with Gasteiger partial charge in [-0.2, -0.15) is 0 Å². The van der Waals surface area contributed by atoms with Gasteiger partial charge in [0.05, 0.1) is 7.11 Å². The van der Waals surface area contributed by atoms with Crippen LogP contribution in [0.25, 0.3) is 0 Å². The molecule has 0 aliphatic carbocycles. The van der Waals surface area contributed by atoms with Crippen molar-refractivity contribution >= 4 is 0 Å². The maximum atomic E-state index is 9.57. The number of aromatic hydroxyl groups is 1. The molecule has 0 aromatic heterocycles. The fraction of sp³-hybridized carbons (Fsp3) is 0.294. The van der Waals surface area contributed by atoms with Gasteiger partial charge in [-0.15, -0.1) is 0 Å². The molecule has 0 unspecified atom stereocenters. The van der Waals surface area contributed by atoms with Crippen LogP contribution < -0.4 is 10.1 Å². The zero-order valence-corrected chi connectivity index (χ0v) is 12.2. The molecule has 2 aromatic carbocycles. The number of phenolic OH excluding ortho intramolecular Hbond substituents is 1. The van der Waals surface area contributed by atoms with Crippen LogP contribution >= 0.6 is 0 Å². The first-order valence-corrected chi connectivity index (χ1v) is 6.76. The van der Waals surface area contributed by atoms with E-state index in [4.69, 9.17) is 4.74 Å². The molecule has 0 radical (unpaired) electrons. The molecule has 2 rings (SSSR count). The molecule has 0 saturated heterocycles. The highest BCUT2D eigenvalue weighted by Crippen LogP contribution is 2.26. The van der Waals surface area contributed by atoms with E-state index < -0.39 is 0 Å². The Bertz CT molecular complexity index is 564. The quantitative estimate of drug-likeness (QED) is 0.873. The number of hydrogen-bond acceptors (Lipinski definition) is 3. The van der Waals surface area contributed by atoms with Gasteiger partial charge in [-0.3, -0.25) is 0 Å². The molecule has 2 aromatic rings. The van der Waals surface area contributed by atoms with Gasteiger partial charge in [0.2, 0.25) is 0 Å². The summed E-state index contributed by atoms with van der Waals surface area (Å²) in [5.41, 5.74) is 3.61. The van der Waals surface area contributed by atoms with Crippen molar-refractivity contribution in [3.05, 3.63) is 59.2 Å². The SMILES string of the molecule is COc1cc(CN[C@@H](C)c2ccc(C)cc2)ccc1O. The number of phenols is 1. The van der Waals surface area contributed by atoms with Crippen LogP contribution in [-0.2, 0) is 6.54 Å². The largest absolute Gasteiger partial charge is 0.504 e. The molecule has 0 spiro atoms. The summed E-state index contributed by atoms with van der Waals surface area (Å²) < 4.78 is 5.11. The summed E-state index contributed by atoms with van der Waals surface area (Å²) in [7, 11) is 1.56. The van der Waals surface area contributed by atoms with Crippen LogP contribution in [0, 0.1) is 6.92 Å². The molecule has 0 saturated carbocycles. The second-order valence-electron chi connectivity index (χ2n) is 5.02. The standard InChI is InChI=1S/C17H21NO2/c1-12-4-7-15(8-5-12)13(2)18-11-14-6-9-16(19)17(10-14)20-3/h4-10,13,18-19H,11H2,1-3H3/t13-/m0/s1. The number of aryl methyl sites for hydroxylation is 1. The monoisotopic (exact) mass is 271 g/mol. The minimum atomic E-state index is 0.169. The first-order chi connectivity index (χ1) is 9.60. The molecule has 3 heteroatoms. The fourth-order valence-corrected chi connectivity index (χ4v) is 2.08. The predicted molar refractivity (Wildman–Crippen MR) is 81.1 cm³/mol. The Morgan fingerprint density at radius 3 is 2.50 bits per heavy atom. The van der Waals surface area contributed by atoms with Crippen LogP contribution in [-0.4, -0.2) is 12.2 Å². The lowest BCUT2D eigenvalue weighted by Gasteiger charge is -2.15. The highest BCUT2D eigenvalue weighted by atomic mass is 16.5. The highest BCUT2D eigenvalue weighted by molar-refractivity contribution is 5.41. The summed E-state index contributed by atoms with van der Waals surface area (Å²) in [6, 6.07) is 14.2. The van der Waals surface area contributed by atoms with Gasteiger partial charge in [0.25, 0.3) is 0 Å². The van der Waals surface area contributed by atoms with E-state index in [1.54, 1.807) is 13.2 Å². The van der Waals surface area contributed by atoms with E-state index in [2.05, 4.69) is 43.4 Å². The van der Waals surface area contributed by atoms with E-state index in [0.717, 1.165) is 12.1 Å². The Labute approximate surface area is 120 Å². The molecule has 3 nitrogen and oxygen atoms in total. The van der Waals surface area contributed by atoms with Gasteiger partial charge in [0.15, 0.2) is 11.5 Å². The Kier molecular flexibility index (Phi) is 4.64. The van der Waals surface area contributed by atoms with Gasteiger partial charge in [0.1, 0.15) is 0 Å². The second-order valence-corrected chi connectivity index (χ2v) is 5.02. The number of methoxy groups -OCH3 is 1. The molecule has 0 fully saturated rings. The third kappa shape index (κ3) is 3.52. The molecule has 1 atom stereocenters. The van der Waals surface area contributed by atoms with Crippen LogP contribution in [0.15, 0.2) is 42.5 Å². The fourth-order valence-electron chi connectivity index (χ4n) is 2.08. The highest BCUT2D eigenvalue weighted by Gasteiger charge is 2.06. The first kappa shape index (κ1) is 14.4. The van der Waals surface area contributed by atoms with Gasteiger partial charge in [0, 0.05) is 12.6 Å². The zero-order chi connectivity index (χ0) is 14.5. The molecule has 0 aliphatic heterocycles. The molecule has 0 aliphatic rings. The number of ether oxygens (including phenoxy) is 1. The van der Waals surface area contributed by atoms with Crippen LogP contribution in [0.3, 0.4) is 0 Å². The van der Waals surface area contributed by atoms with Gasteiger partial charge in [-0.1, -0.05) is 35.9 Å². The number of hydrogen-bond donors (Lipinski definition) is 2. The lowest BCUT2D eigenvalue weighted by Crippen LogP contribution is -2.18. The van der Waals surface area contributed by atoms with Crippen molar-refractivity contribution in [3.63, 3.8) is 0 Å². The second kappa shape index (κ2) is 6.44. The molecular formula is C17H21NO2. The summed E-state index contributed by atoms with van der Waals surface area (Å²) in [6.07, 6.45) is 0. The van der Waals surface area contributed by atoms with Gasteiger partial charge in [-0.05, 0) is 37.1 Å². The maximum Gasteiger partial charge on any atom is 0.160 e. The normalized spacial score (nSPS) is 12.2. The van der Waals surface area contributed by atoms with Crippen molar-refractivity contribution in [3.8, 4) is 11.5 Å². The Balaban J connectivity index is 1.99. The molecular weight excluding hydrogens is 250 g/mol. The summed E-state index contributed by atoms with van der Waals surface area (Å²) in [5, 5.41) is 13.0. The van der Waals surface area contributed by atoms with Crippen molar-refractivity contribution in [2.24, 2.45) is 0 Å². The minimum Gasteiger partial charge on any atom is -0.504 e. The van der Waals surface area contributed by atoms with Crippen molar-refractivity contribution in [1.29, 1.82) is 0 Å². The third-order valence-corrected chi connectivity index (χ3v) is 3.43. The zero-order valence-electron chi connectivity index (χ0n) is 12.2. The lowest BCUT2D eigenvalue weighted by molar-refractivity contribution is 0.372. The van der Waals surface area contributed by atoms with Gasteiger partial charge >= 0.3 is 0 Å². The number of rotatable bonds is 5. The summed E-state index contributed by atoms with van der Waals surface area (Å²) >= 11 is 0. The topological polar surface area (TPSA) is 41.5 Å². The van der Waals surface area contributed by atoms with Crippen molar-refractivity contribution in [2.75, 3.05) is 7.11 Å². The smallest absolute Gasteiger partial charge is 0.160 e.